The van der Waals surface area contributed by atoms with Crippen LogP contribution in [-0.2, 0) is 6.54 Å². The lowest BCUT2D eigenvalue weighted by molar-refractivity contribution is 0.196. The third kappa shape index (κ3) is 1.65. The van der Waals surface area contributed by atoms with Crippen LogP contribution in [0.1, 0.15) is 13.3 Å². The lowest BCUT2D eigenvalue weighted by Crippen LogP contribution is -2.46. The van der Waals surface area contributed by atoms with Crippen LogP contribution >= 0.6 is 11.6 Å². The fourth-order valence-corrected chi connectivity index (χ4v) is 2.00. The van der Waals surface area contributed by atoms with Crippen molar-refractivity contribution in [2.75, 3.05) is 4.90 Å². The molecule has 2 rings (SSSR count). The molecule has 1 aromatic heterocycles. The number of carbonyl (C=O) groups is 1. The number of nitrogens with zero attached hydrogens (tertiary/aromatic N) is 3. The topological polar surface area (TPSA) is 75.4 Å². The predicted octanol–water partition coefficient (Wildman–Crippen LogP) is 1.17. The smallest absolute Gasteiger partial charge is 0.413 e. The highest BCUT2D eigenvalue weighted by atomic mass is 35.5. The van der Waals surface area contributed by atoms with E-state index in [9.17, 15) is 9.59 Å². The average molecular weight is 244 g/mol. The molecule has 0 saturated heterocycles. The van der Waals surface area contributed by atoms with Crippen molar-refractivity contribution < 1.29 is 9.90 Å². The molecule has 1 N–H and O–H groups in total. The van der Waals surface area contributed by atoms with E-state index in [-0.39, 0.29) is 17.0 Å². The molecule has 0 bridgehead atoms. The van der Waals surface area contributed by atoms with Crippen LogP contribution < -0.4 is 10.6 Å². The van der Waals surface area contributed by atoms with Gasteiger partial charge in [0.1, 0.15) is 11.0 Å². The van der Waals surface area contributed by atoms with Crippen LogP contribution in [0.4, 0.5) is 10.6 Å². The summed E-state index contributed by atoms with van der Waals surface area (Å²) in [5.41, 5.74) is -0.513. The van der Waals surface area contributed by atoms with E-state index in [1.54, 1.807) is 6.92 Å². The van der Waals surface area contributed by atoms with Crippen molar-refractivity contribution in [3.63, 3.8) is 0 Å². The Labute approximate surface area is 96.1 Å². The summed E-state index contributed by atoms with van der Waals surface area (Å²) in [6.45, 7) is 2.25. The van der Waals surface area contributed by atoms with Crippen LogP contribution in [0.2, 0.25) is 5.15 Å². The van der Waals surface area contributed by atoms with Crippen LogP contribution in [0.15, 0.2) is 10.9 Å². The molecular weight excluding hydrogens is 234 g/mol. The van der Waals surface area contributed by atoms with Crippen molar-refractivity contribution in [2.24, 2.45) is 0 Å². The zero-order chi connectivity index (χ0) is 11.9. The zero-order valence-corrected chi connectivity index (χ0v) is 9.31. The Hall–Kier alpha value is -1.56. The number of hydrogen-bond donors (Lipinski definition) is 1. The van der Waals surface area contributed by atoms with Crippen molar-refractivity contribution in [1.82, 2.24) is 9.55 Å². The molecule has 1 aliphatic rings. The summed E-state index contributed by atoms with van der Waals surface area (Å²) < 4.78 is 1.32. The quantitative estimate of drug-likeness (QED) is 0.694. The SMILES string of the molecule is CC1CCn2c(cc(Cl)nc2=O)N1C(=O)O. The van der Waals surface area contributed by atoms with Gasteiger partial charge < -0.3 is 5.11 Å². The molecule has 1 aromatic rings. The fourth-order valence-electron chi connectivity index (χ4n) is 1.83. The molecule has 1 unspecified atom stereocenters. The van der Waals surface area contributed by atoms with Crippen molar-refractivity contribution in [2.45, 2.75) is 25.9 Å². The number of carboxylic acid groups (broad SMARTS) is 1. The molecule has 0 radical (unpaired) electrons. The van der Waals surface area contributed by atoms with Crippen molar-refractivity contribution >= 4 is 23.5 Å². The largest absolute Gasteiger partial charge is 0.465 e. The Kier molecular flexibility index (Phi) is 2.59. The normalized spacial score (nSPS) is 19.4. The second-order valence-corrected chi connectivity index (χ2v) is 4.05. The highest BCUT2D eigenvalue weighted by Crippen LogP contribution is 2.24. The molecule has 1 amide bonds. The minimum Gasteiger partial charge on any atom is -0.465 e. The first kappa shape index (κ1) is 10.9. The van der Waals surface area contributed by atoms with Crippen molar-refractivity contribution in [3.8, 4) is 0 Å². The summed E-state index contributed by atoms with van der Waals surface area (Å²) >= 11 is 5.66. The minimum atomic E-state index is -1.09. The summed E-state index contributed by atoms with van der Waals surface area (Å²) in [5.74, 6) is 0.288. The first-order chi connectivity index (χ1) is 7.50. The molecule has 16 heavy (non-hydrogen) atoms. The number of rotatable bonds is 0. The first-order valence-electron chi connectivity index (χ1n) is 4.80. The third-order valence-corrected chi connectivity index (χ3v) is 2.82. The summed E-state index contributed by atoms with van der Waals surface area (Å²) in [6.07, 6.45) is -0.509. The van der Waals surface area contributed by atoms with E-state index in [0.29, 0.717) is 13.0 Å². The molecule has 0 spiro atoms. The average Bonchev–Trinajstić information content (AvgIpc) is 2.15. The van der Waals surface area contributed by atoms with Crippen LogP contribution in [0.5, 0.6) is 0 Å². The Morgan fingerprint density at radius 1 is 1.69 bits per heavy atom. The number of fused-ring (bicyclic) bond motifs is 1. The number of amides is 1. The molecule has 1 atom stereocenters. The van der Waals surface area contributed by atoms with E-state index in [1.807, 2.05) is 0 Å². The maximum absolute atomic E-state index is 11.5. The van der Waals surface area contributed by atoms with E-state index in [4.69, 9.17) is 16.7 Å². The molecule has 2 heterocycles. The molecule has 0 aliphatic carbocycles. The Balaban J connectivity index is 2.63. The first-order valence-corrected chi connectivity index (χ1v) is 5.18. The van der Waals surface area contributed by atoms with E-state index >= 15 is 0 Å². The molecule has 6 nitrogen and oxygen atoms in total. The lowest BCUT2D eigenvalue weighted by Gasteiger charge is -2.33. The molecule has 86 valence electrons. The van der Waals surface area contributed by atoms with Gasteiger partial charge in [0, 0.05) is 18.7 Å². The van der Waals surface area contributed by atoms with Gasteiger partial charge in [-0.25, -0.2) is 9.59 Å². The van der Waals surface area contributed by atoms with Crippen LogP contribution in [-0.4, -0.2) is 26.8 Å². The number of halogens is 1. The standard InChI is InChI=1S/C9H10ClN3O3/c1-5-2-3-12-7(13(5)9(15)16)4-6(10)11-8(12)14/h4-5H,2-3H2,1H3,(H,15,16). The van der Waals surface area contributed by atoms with Crippen LogP contribution in [0, 0.1) is 0 Å². The molecule has 1 aliphatic heterocycles. The van der Waals surface area contributed by atoms with E-state index in [1.165, 1.54) is 10.6 Å². The molecular formula is C9H10ClN3O3. The van der Waals surface area contributed by atoms with Gasteiger partial charge in [-0.05, 0) is 13.3 Å². The van der Waals surface area contributed by atoms with Gasteiger partial charge in [0.15, 0.2) is 0 Å². The zero-order valence-electron chi connectivity index (χ0n) is 8.55. The number of aromatic nitrogens is 2. The molecule has 0 saturated carbocycles. The van der Waals surface area contributed by atoms with Gasteiger partial charge in [-0.2, -0.15) is 4.98 Å². The molecule has 0 fully saturated rings. The molecule has 0 aromatic carbocycles. The maximum atomic E-state index is 11.5. The van der Waals surface area contributed by atoms with Gasteiger partial charge in [0.2, 0.25) is 0 Å². The second kappa shape index (κ2) is 3.79. The summed E-state index contributed by atoms with van der Waals surface area (Å²) in [4.78, 5) is 27.3. The van der Waals surface area contributed by atoms with E-state index in [0.717, 1.165) is 4.90 Å². The van der Waals surface area contributed by atoms with Gasteiger partial charge in [0.25, 0.3) is 0 Å². The van der Waals surface area contributed by atoms with Gasteiger partial charge in [-0.3, -0.25) is 9.47 Å². The maximum Gasteiger partial charge on any atom is 0.413 e. The van der Waals surface area contributed by atoms with E-state index < -0.39 is 11.8 Å². The Morgan fingerprint density at radius 3 is 3.00 bits per heavy atom. The van der Waals surface area contributed by atoms with Crippen LogP contribution in [0.25, 0.3) is 0 Å². The monoisotopic (exact) mass is 243 g/mol. The van der Waals surface area contributed by atoms with Crippen molar-refractivity contribution in [3.05, 3.63) is 21.7 Å². The molecule has 7 heteroatoms. The Morgan fingerprint density at radius 2 is 2.38 bits per heavy atom. The highest BCUT2D eigenvalue weighted by molar-refractivity contribution is 6.29. The lowest BCUT2D eigenvalue weighted by atomic mass is 10.1. The fraction of sp³-hybridized carbons (Fsp3) is 0.444. The highest BCUT2D eigenvalue weighted by Gasteiger charge is 2.29. The second-order valence-electron chi connectivity index (χ2n) is 3.66. The van der Waals surface area contributed by atoms with Crippen molar-refractivity contribution in [1.29, 1.82) is 0 Å². The summed E-state index contributed by atoms with van der Waals surface area (Å²) in [5, 5.41) is 9.10. The van der Waals surface area contributed by atoms with Crippen LogP contribution in [0.3, 0.4) is 0 Å². The van der Waals surface area contributed by atoms with Gasteiger partial charge in [-0.1, -0.05) is 11.6 Å². The third-order valence-electron chi connectivity index (χ3n) is 2.62. The number of anilines is 1. The van der Waals surface area contributed by atoms with E-state index in [2.05, 4.69) is 4.98 Å². The minimum absolute atomic E-state index is 0.0107. The van der Waals surface area contributed by atoms with Gasteiger partial charge >= 0.3 is 11.8 Å². The summed E-state index contributed by atoms with van der Waals surface area (Å²) in [6, 6.07) is 1.22. The van der Waals surface area contributed by atoms with Gasteiger partial charge in [0.05, 0.1) is 0 Å². The summed E-state index contributed by atoms with van der Waals surface area (Å²) in [7, 11) is 0. The number of hydrogen-bond acceptors (Lipinski definition) is 3. The Bertz CT molecular complexity index is 499. The predicted molar refractivity (Wildman–Crippen MR) is 58.1 cm³/mol. The van der Waals surface area contributed by atoms with Gasteiger partial charge in [-0.15, -0.1) is 0 Å².